The molecule has 0 aromatic rings. The van der Waals surface area contributed by atoms with Crippen LogP contribution < -0.4 is 18.5 Å². The summed E-state index contributed by atoms with van der Waals surface area (Å²) in [5, 5.41) is 0. The van der Waals surface area contributed by atoms with E-state index in [0.717, 1.165) is 12.8 Å². The van der Waals surface area contributed by atoms with E-state index >= 15 is 0 Å². The molecule has 0 heterocycles. The van der Waals surface area contributed by atoms with Gasteiger partial charge in [0.1, 0.15) is 0 Å². The molecule has 0 aliphatic rings. The summed E-state index contributed by atoms with van der Waals surface area (Å²) < 4.78 is 64.6. The van der Waals surface area contributed by atoms with Gasteiger partial charge in [-0.3, -0.25) is 13.7 Å². The van der Waals surface area contributed by atoms with Gasteiger partial charge in [0.25, 0.3) is 0 Å². The van der Waals surface area contributed by atoms with Gasteiger partial charge in [-0.15, -0.1) is 0 Å². The zero-order valence-electron chi connectivity index (χ0n) is 15.1. The predicted molar refractivity (Wildman–Crippen MR) is 98.6 cm³/mol. The van der Waals surface area contributed by atoms with Crippen molar-refractivity contribution in [1.29, 1.82) is 0 Å². The van der Waals surface area contributed by atoms with Crippen molar-refractivity contribution >= 4 is 20.8 Å². The Bertz CT molecular complexity index is 435. The molecule has 13 heteroatoms. The van der Waals surface area contributed by atoms with E-state index < -0.39 is 20.8 Å². The van der Waals surface area contributed by atoms with Crippen molar-refractivity contribution in [2.75, 3.05) is 6.61 Å². The van der Waals surface area contributed by atoms with E-state index in [0.29, 0.717) is 6.42 Å². The lowest BCUT2D eigenvalue weighted by molar-refractivity contribution is 0.261. The van der Waals surface area contributed by atoms with Crippen molar-refractivity contribution in [3.05, 3.63) is 0 Å². The standard InChI is InChI=1S/C12H26O4S.3H3N.H2O4S/c1-2-3-4-5-6-7-8-9-10-11-12-16-17(13,14)15;;;;1-5(2,3)4/h2-12H2,1H3,(H,13,14,15);3*1H3;(H2,1,2,3,4). The molecular weight excluding hydrogens is 378 g/mol. The van der Waals surface area contributed by atoms with Crippen LogP contribution in [0.15, 0.2) is 0 Å². The van der Waals surface area contributed by atoms with Crippen LogP contribution in [0.3, 0.4) is 0 Å². The first-order valence-corrected chi connectivity index (χ1v) is 10.1. The summed E-state index contributed by atoms with van der Waals surface area (Å²) in [6.07, 6.45) is 11.9. The lowest BCUT2D eigenvalue weighted by Crippen LogP contribution is -2.04. The summed E-state index contributed by atoms with van der Waals surface area (Å²) >= 11 is 0. The summed E-state index contributed by atoms with van der Waals surface area (Å²) in [5.41, 5.74) is 0. The summed E-state index contributed by atoms with van der Waals surface area (Å²) in [7, 11) is -8.90. The van der Waals surface area contributed by atoms with Gasteiger partial charge in [-0.25, -0.2) is 4.18 Å². The second-order valence-electron chi connectivity index (χ2n) is 4.88. The van der Waals surface area contributed by atoms with Gasteiger partial charge in [0.15, 0.2) is 0 Å². The Hall–Kier alpha value is -0.380. The normalized spacial score (nSPS) is 10.4. The van der Waals surface area contributed by atoms with E-state index in [9.17, 15) is 8.42 Å². The van der Waals surface area contributed by atoms with Crippen LogP contribution in [0.4, 0.5) is 0 Å². The van der Waals surface area contributed by atoms with Crippen LogP contribution in [0.25, 0.3) is 0 Å². The lowest BCUT2D eigenvalue weighted by atomic mass is 10.1. The quantitative estimate of drug-likeness (QED) is 0.198. The number of rotatable bonds is 12. The molecule has 0 amide bonds. The fourth-order valence-electron chi connectivity index (χ4n) is 1.75. The van der Waals surface area contributed by atoms with Crippen LogP contribution in [0.5, 0.6) is 0 Å². The summed E-state index contributed by atoms with van der Waals surface area (Å²) in [6, 6.07) is 0. The van der Waals surface area contributed by atoms with E-state index in [1.54, 1.807) is 0 Å². The van der Waals surface area contributed by atoms with Crippen molar-refractivity contribution in [1.82, 2.24) is 18.5 Å². The minimum Gasteiger partial charge on any atom is -0.344 e. The Morgan fingerprint density at radius 2 is 0.920 bits per heavy atom. The molecule has 0 radical (unpaired) electrons. The van der Waals surface area contributed by atoms with Gasteiger partial charge in [-0.05, 0) is 6.42 Å². The highest BCUT2D eigenvalue weighted by Crippen LogP contribution is 2.10. The van der Waals surface area contributed by atoms with Crippen LogP contribution in [-0.2, 0) is 25.0 Å². The van der Waals surface area contributed by atoms with Gasteiger partial charge in [0, 0.05) is 0 Å². The van der Waals surface area contributed by atoms with Crippen molar-refractivity contribution in [2.45, 2.75) is 71.1 Å². The third-order valence-electron chi connectivity index (χ3n) is 2.73. The van der Waals surface area contributed by atoms with Crippen molar-refractivity contribution in [3.63, 3.8) is 0 Å². The average molecular weight is 416 g/mol. The second kappa shape index (κ2) is 21.7. The van der Waals surface area contributed by atoms with Crippen molar-refractivity contribution in [3.8, 4) is 0 Å². The molecule has 0 rings (SSSR count). The molecule has 0 aromatic heterocycles. The molecule has 11 nitrogen and oxygen atoms in total. The maximum absolute atomic E-state index is 10.2. The van der Waals surface area contributed by atoms with Gasteiger partial charge in [-0.1, -0.05) is 64.7 Å². The minimum absolute atomic E-state index is 0. The molecule has 0 aliphatic carbocycles. The number of hydrogen-bond donors (Lipinski definition) is 6. The third kappa shape index (κ3) is 59.5. The first-order valence-electron chi connectivity index (χ1n) is 7.38. The minimum atomic E-state index is -4.67. The third-order valence-corrected chi connectivity index (χ3v) is 3.19. The molecule has 12 N–H and O–H groups in total. The van der Waals surface area contributed by atoms with Gasteiger partial charge < -0.3 is 18.5 Å². The number of unbranched alkanes of at least 4 members (excludes halogenated alkanes) is 9. The van der Waals surface area contributed by atoms with Crippen LogP contribution in [0, 0.1) is 0 Å². The molecular formula is C12H37N3O8S2. The largest absolute Gasteiger partial charge is 0.397 e. The van der Waals surface area contributed by atoms with Gasteiger partial charge in [0.05, 0.1) is 6.61 Å². The Morgan fingerprint density at radius 3 is 1.20 bits per heavy atom. The SMILES string of the molecule is CCCCCCCCCCCCOS(=O)(=O)O.N.N.N.O=S(=O)(O)O. The van der Waals surface area contributed by atoms with Crippen LogP contribution in [0.2, 0.25) is 0 Å². The van der Waals surface area contributed by atoms with Gasteiger partial charge >= 0.3 is 20.8 Å². The molecule has 25 heavy (non-hydrogen) atoms. The predicted octanol–water partition coefficient (Wildman–Crippen LogP) is 3.56. The summed E-state index contributed by atoms with van der Waals surface area (Å²) in [4.78, 5) is 0. The molecule has 0 fully saturated rings. The van der Waals surface area contributed by atoms with E-state index in [-0.39, 0.29) is 25.1 Å². The molecule has 0 aliphatic heterocycles. The second-order valence-corrected chi connectivity index (χ2v) is 6.87. The Morgan fingerprint density at radius 1 is 0.640 bits per heavy atom. The molecule has 0 spiro atoms. The first-order chi connectivity index (χ1) is 10.1. The van der Waals surface area contributed by atoms with Gasteiger partial charge in [0.2, 0.25) is 0 Å². The fraction of sp³-hybridized carbons (Fsp3) is 1.00. The number of hydrogen-bond acceptors (Lipinski definition) is 8. The first kappa shape index (κ1) is 35.7. The summed E-state index contributed by atoms with van der Waals surface area (Å²) in [6.45, 7) is 2.31. The zero-order valence-corrected chi connectivity index (χ0v) is 16.7. The smallest absolute Gasteiger partial charge is 0.344 e. The Labute approximate surface area is 152 Å². The Balaban J connectivity index is -0.000000147. The zero-order chi connectivity index (χ0) is 17.5. The molecule has 0 atom stereocenters. The van der Waals surface area contributed by atoms with E-state index in [1.807, 2.05) is 0 Å². The average Bonchev–Trinajstić information content (AvgIpc) is 2.32. The highest BCUT2D eigenvalue weighted by atomic mass is 32.3. The van der Waals surface area contributed by atoms with E-state index in [2.05, 4.69) is 11.1 Å². The van der Waals surface area contributed by atoms with Crippen molar-refractivity contribution in [2.24, 2.45) is 0 Å². The van der Waals surface area contributed by atoms with Crippen molar-refractivity contribution < 1.29 is 34.7 Å². The summed E-state index contributed by atoms with van der Waals surface area (Å²) in [5.74, 6) is 0. The van der Waals surface area contributed by atoms with E-state index in [1.165, 1.54) is 44.9 Å². The fourth-order valence-corrected chi connectivity index (χ4v) is 2.08. The monoisotopic (exact) mass is 415 g/mol. The van der Waals surface area contributed by atoms with Crippen LogP contribution >= 0.6 is 0 Å². The van der Waals surface area contributed by atoms with E-state index in [4.69, 9.17) is 22.1 Å². The topological polar surface area (TPSA) is 243 Å². The Kier molecular flexibility index (Phi) is 30.9. The van der Waals surface area contributed by atoms with Crippen LogP contribution in [0.1, 0.15) is 71.1 Å². The molecule has 0 saturated carbocycles. The maximum Gasteiger partial charge on any atom is 0.397 e. The molecule has 0 aromatic carbocycles. The maximum atomic E-state index is 10.2. The highest BCUT2D eigenvalue weighted by molar-refractivity contribution is 7.80. The van der Waals surface area contributed by atoms with Crippen LogP contribution in [-0.4, -0.2) is 37.1 Å². The molecule has 0 saturated heterocycles. The van der Waals surface area contributed by atoms with Gasteiger partial charge in [-0.2, -0.15) is 16.8 Å². The highest BCUT2D eigenvalue weighted by Gasteiger charge is 2.02. The lowest BCUT2D eigenvalue weighted by Gasteiger charge is -2.02. The molecule has 160 valence electrons. The molecule has 0 unspecified atom stereocenters. The molecule has 0 bridgehead atoms.